The number of carbonyl (C=O) groups excluding carboxylic acids is 2. The second-order valence-electron chi connectivity index (χ2n) is 12.0. The van der Waals surface area contributed by atoms with E-state index in [2.05, 4.69) is 56.2 Å². The first-order chi connectivity index (χ1) is 19.6. The molecule has 41 heavy (non-hydrogen) atoms. The van der Waals surface area contributed by atoms with Gasteiger partial charge in [-0.3, -0.25) is 10.1 Å². The minimum absolute atomic E-state index is 0.0576. The van der Waals surface area contributed by atoms with E-state index in [4.69, 9.17) is 5.10 Å². The molecule has 0 spiro atoms. The van der Waals surface area contributed by atoms with Crippen molar-refractivity contribution in [2.45, 2.75) is 78.6 Å². The topological polar surface area (TPSA) is 79.3 Å². The number of nitrogens with one attached hydrogen (secondary N) is 2. The highest BCUT2D eigenvalue weighted by atomic mass is 16.2. The van der Waals surface area contributed by atoms with Crippen LogP contribution in [0, 0.1) is 24.7 Å². The van der Waals surface area contributed by atoms with Crippen molar-refractivity contribution in [1.82, 2.24) is 14.7 Å². The lowest BCUT2D eigenvalue weighted by molar-refractivity contribution is -0.126. The van der Waals surface area contributed by atoms with Gasteiger partial charge in [0.2, 0.25) is 0 Å². The number of urea groups is 1. The molecule has 0 radical (unpaired) electrons. The highest BCUT2D eigenvalue weighted by Crippen LogP contribution is 2.28. The monoisotopic (exact) mass is 553 g/mol. The molecule has 0 saturated carbocycles. The SMILES string of the molecule is CCCCC#CC(=O)N1CCC(Cc2ccccc2NC(=O)Nc2cc(C(C)(C)C)nn2-c2ccc(C)cc2)CC1. The number of nitrogens with zero attached hydrogens (tertiary/aromatic N) is 3. The quantitative estimate of drug-likeness (QED) is 0.242. The van der Waals surface area contributed by atoms with E-state index in [1.54, 1.807) is 4.68 Å². The van der Waals surface area contributed by atoms with Gasteiger partial charge in [-0.25, -0.2) is 9.48 Å². The molecular weight excluding hydrogens is 510 g/mol. The van der Waals surface area contributed by atoms with Crippen molar-refractivity contribution >= 4 is 23.4 Å². The van der Waals surface area contributed by atoms with E-state index in [1.165, 1.54) is 0 Å². The summed E-state index contributed by atoms with van der Waals surface area (Å²) < 4.78 is 1.79. The summed E-state index contributed by atoms with van der Waals surface area (Å²) in [5.41, 5.74) is 4.66. The average Bonchev–Trinajstić information content (AvgIpc) is 3.37. The van der Waals surface area contributed by atoms with Gasteiger partial charge in [0.25, 0.3) is 5.91 Å². The Hall–Kier alpha value is -4.05. The first-order valence-corrected chi connectivity index (χ1v) is 14.8. The van der Waals surface area contributed by atoms with Gasteiger partial charge in [-0.2, -0.15) is 5.10 Å². The minimum atomic E-state index is -0.312. The zero-order valence-electron chi connectivity index (χ0n) is 25.1. The number of likely N-dealkylation sites (tertiary alicyclic amines) is 1. The summed E-state index contributed by atoms with van der Waals surface area (Å²) in [6, 6.07) is 17.7. The number of anilines is 2. The predicted octanol–water partition coefficient (Wildman–Crippen LogP) is 7.10. The van der Waals surface area contributed by atoms with Crippen LogP contribution in [-0.4, -0.2) is 39.7 Å². The van der Waals surface area contributed by atoms with Crippen molar-refractivity contribution < 1.29 is 9.59 Å². The number of unbranched alkanes of at least 4 members (excludes halogenated alkanes) is 2. The largest absolute Gasteiger partial charge is 0.332 e. The number of aromatic nitrogens is 2. The van der Waals surface area contributed by atoms with E-state index in [9.17, 15) is 9.59 Å². The first kappa shape index (κ1) is 29.9. The van der Waals surface area contributed by atoms with Crippen molar-refractivity contribution in [3.05, 3.63) is 71.4 Å². The van der Waals surface area contributed by atoms with Gasteiger partial charge < -0.3 is 10.2 Å². The van der Waals surface area contributed by atoms with Gasteiger partial charge in [0.15, 0.2) is 0 Å². The third-order valence-electron chi connectivity index (χ3n) is 7.52. The number of aryl methyl sites for hydroxylation is 1. The molecule has 3 aromatic rings. The van der Waals surface area contributed by atoms with Crippen LogP contribution in [0.15, 0.2) is 54.6 Å². The molecule has 2 N–H and O–H groups in total. The van der Waals surface area contributed by atoms with Gasteiger partial charge in [-0.05, 0) is 68.2 Å². The standard InChI is InChI=1S/C34H43N5O2/c1-6-7-8-9-14-32(40)38-21-19-26(20-22-38)23-27-12-10-11-13-29(27)35-33(41)36-31-24-30(34(3,4)5)37-39(31)28-17-15-25(2)16-18-28/h10-13,15-18,24,26H,6-8,19-23H2,1-5H3,(H2,35,36,41). The van der Waals surface area contributed by atoms with Crippen LogP contribution in [-0.2, 0) is 16.6 Å². The van der Waals surface area contributed by atoms with Crippen LogP contribution in [0.3, 0.4) is 0 Å². The summed E-state index contributed by atoms with van der Waals surface area (Å²) in [7, 11) is 0. The van der Waals surface area contributed by atoms with E-state index in [1.807, 2.05) is 60.4 Å². The molecule has 7 nitrogen and oxygen atoms in total. The average molecular weight is 554 g/mol. The fourth-order valence-electron chi connectivity index (χ4n) is 4.94. The highest BCUT2D eigenvalue weighted by molar-refractivity contribution is 6.00. The Morgan fingerprint density at radius 3 is 2.41 bits per heavy atom. The molecule has 0 bridgehead atoms. The second-order valence-corrected chi connectivity index (χ2v) is 12.0. The van der Waals surface area contributed by atoms with Crippen molar-refractivity contribution in [2.75, 3.05) is 23.7 Å². The Kier molecular flexibility index (Phi) is 9.88. The van der Waals surface area contributed by atoms with E-state index in [0.717, 1.165) is 79.8 Å². The van der Waals surface area contributed by atoms with Crippen LogP contribution in [0.1, 0.15) is 76.6 Å². The van der Waals surface area contributed by atoms with Crippen molar-refractivity contribution in [2.24, 2.45) is 5.92 Å². The molecule has 0 unspecified atom stereocenters. The van der Waals surface area contributed by atoms with E-state index < -0.39 is 0 Å². The van der Waals surface area contributed by atoms with Gasteiger partial charge >= 0.3 is 6.03 Å². The molecule has 0 aliphatic carbocycles. The number of hydrogen-bond donors (Lipinski definition) is 2. The number of carbonyl (C=O) groups is 2. The fraction of sp³-hybridized carbons (Fsp3) is 0.441. The molecule has 2 aromatic carbocycles. The predicted molar refractivity (Wildman–Crippen MR) is 166 cm³/mol. The molecule has 1 aliphatic heterocycles. The Bertz CT molecular complexity index is 1400. The van der Waals surface area contributed by atoms with Gasteiger partial charge in [0.1, 0.15) is 5.82 Å². The molecule has 2 heterocycles. The van der Waals surface area contributed by atoms with Crippen molar-refractivity contribution in [3.8, 4) is 17.5 Å². The molecule has 0 atom stereocenters. The third kappa shape index (κ3) is 8.23. The summed E-state index contributed by atoms with van der Waals surface area (Å²) >= 11 is 0. The first-order valence-electron chi connectivity index (χ1n) is 14.8. The van der Waals surface area contributed by atoms with E-state index >= 15 is 0 Å². The van der Waals surface area contributed by atoms with E-state index in [-0.39, 0.29) is 17.4 Å². The molecule has 216 valence electrons. The molecule has 4 rings (SSSR count). The molecule has 1 aliphatic rings. The maximum Gasteiger partial charge on any atom is 0.324 e. The lowest BCUT2D eigenvalue weighted by Gasteiger charge is -2.31. The third-order valence-corrected chi connectivity index (χ3v) is 7.52. The lowest BCUT2D eigenvalue weighted by atomic mass is 9.89. The maximum atomic E-state index is 13.2. The molecule has 1 saturated heterocycles. The second kappa shape index (κ2) is 13.5. The molecule has 7 heteroatoms. The summed E-state index contributed by atoms with van der Waals surface area (Å²) in [4.78, 5) is 27.5. The van der Waals surface area contributed by atoms with E-state index in [0.29, 0.717) is 11.7 Å². The fourth-order valence-corrected chi connectivity index (χ4v) is 4.94. The van der Waals surface area contributed by atoms with Gasteiger partial charge in [0.05, 0.1) is 11.4 Å². The molecular formula is C34H43N5O2. The van der Waals surface area contributed by atoms with Crippen LogP contribution >= 0.6 is 0 Å². The zero-order chi connectivity index (χ0) is 29.4. The molecule has 3 amide bonds. The smallest absolute Gasteiger partial charge is 0.324 e. The summed E-state index contributed by atoms with van der Waals surface area (Å²) in [6.07, 6.45) is 5.59. The number of piperidine rings is 1. The highest BCUT2D eigenvalue weighted by Gasteiger charge is 2.24. The van der Waals surface area contributed by atoms with Crippen LogP contribution < -0.4 is 10.6 Å². The Morgan fingerprint density at radius 1 is 1.02 bits per heavy atom. The number of rotatable bonds is 7. The van der Waals surface area contributed by atoms with Gasteiger partial charge in [-0.1, -0.05) is 75.9 Å². The van der Waals surface area contributed by atoms with Crippen LogP contribution in [0.25, 0.3) is 5.69 Å². The number of amides is 3. The normalized spacial score (nSPS) is 13.8. The summed E-state index contributed by atoms with van der Waals surface area (Å²) in [6.45, 7) is 11.9. The molecule has 1 fully saturated rings. The maximum absolute atomic E-state index is 13.2. The zero-order valence-corrected chi connectivity index (χ0v) is 25.1. The van der Waals surface area contributed by atoms with Crippen molar-refractivity contribution in [3.63, 3.8) is 0 Å². The van der Waals surface area contributed by atoms with Gasteiger partial charge in [0, 0.05) is 36.7 Å². The number of hydrogen-bond acceptors (Lipinski definition) is 3. The van der Waals surface area contributed by atoms with Crippen LogP contribution in [0.5, 0.6) is 0 Å². The van der Waals surface area contributed by atoms with Crippen molar-refractivity contribution in [1.29, 1.82) is 0 Å². The van der Waals surface area contributed by atoms with Crippen LogP contribution in [0.4, 0.5) is 16.3 Å². The summed E-state index contributed by atoms with van der Waals surface area (Å²) in [5, 5.41) is 10.9. The lowest BCUT2D eigenvalue weighted by Crippen LogP contribution is -2.38. The molecule has 1 aromatic heterocycles. The number of benzene rings is 2. The van der Waals surface area contributed by atoms with Gasteiger partial charge in [-0.15, -0.1) is 0 Å². The Balaban J connectivity index is 1.40. The summed E-state index contributed by atoms with van der Waals surface area (Å²) in [5.74, 6) is 6.81. The Labute approximate surface area is 244 Å². The Morgan fingerprint density at radius 2 is 1.73 bits per heavy atom. The minimum Gasteiger partial charge on any atom is -0.332 e. The van der Waals surface area contributed by atoms with Crippen LogP contribution in [0.2, 0.25) is 0 Å². The number of para-hydroxylation sites is 1.